The average Bonchev–Trinajstić information content (AvgIpc) is 2.10. The van der Waals surface area contributed by atoms with Crippen molar-refractivity contribution in [2.45, 2.75) is 17.8 Å². The Hall–Kier alpha value is -1.15. The van der Waals surface area contributed by atoms with Gasteiger partial charge in [-0.15, -0.1) is 0 Å². The molecule has 1 aliphatic rings. The molecule has 0 aromatic carbocycles. The van der Waals surface area contributed by atoms with Crippen molar-refractivity contribution in [1.29, 1.82) is 0 Å². The lowest BCUT2D eigenvalue weighted by Crippen LogP contribution is -2.59. The highest BCUT2D eigenvalue weighted by molar-refractivity contribution is 5.60. The molecule has 1 aliphatic heterocycles. The van der Waals surface area contributed by atoms with Crippen LogP contribution in [-0.4, -0.2) is 37.1 Å². The van der Waals surface area contributed by atoms with Crippen molar-refractivity contribution in [3.63, 3.8) is 0 Å². The topological polar surface area (TPSA) is 35.5 Å². The van der Waals surface area contributed by atoms with Crippen LogP contribution in [0.2, 0.25) is 0 Å². The number of carbonyl (C=O) groups excluding carboxylic acids is 1. The highest BCUT2D eigenvalue weighted by Gasteiger charge is 2.73. The molecule has 0 amide bonds. The Kier molecular flexibility index (Phi) is 2.52. The van der Waals surface area contributed by atoms with E-state index in [1.54, 1.807) is 0 Å². The first-order valence-corrected chi connectivity index (χ1v) is 3.53. The van der Waals surface area contributed by atoms with Crippen LogP contribution in [-0.2, 0) is 9.47 Å². The lowest BCUT2D eigenvalue weighted by Gasteiger charge is -2.33. The number of rotatable bonds is 0. The fourth-order valence-corrected chi connectivity index (χ4v) is 0.790. The SMILES string of the molecule is O=C1OCC(F)(F)C(F)(F)C(F)(F)CO1. The molecule has 0 aromatic heterocycles. The fraction of sp³-hybridized carbons (Fsp3) is 0.833. The highest BCUT2D eigenvalue weighted by atomic mass is 19.3. The minimum absolute atomic E-state index is 1.84. The van der Waals surface area contributed by atoms with Crippen molar-refractivity contribution >= 4 is 6.16 Å². The first-order valence-electron chi connectivity index (χ1n) is 3.53. The summed E-state index contributed by atoms with van der Waals surface area (Å²) in [6.45, 7) is -4.32. The van der Waals surface area contributed by atoms with E-state index < -0.39 is 37.1 Å². The van der Waals surface area contributed by atoms with Crippen LogP contribution in [0.5, 0.6) is 0 Å². The zero-order chi connectivity index (χ0) is 11.9. The van der Waals surface area contributed by atoms with Gasteiger partial charge < -0.3 is 9.47 Å². The third kappa shape index (κ3) is 1.82. The summed E-state index contributed by atoms with van der Waals surface area (Å²) in [5, 5.41) is 0. The van der Waals surface area contributed by atoms with Crippen molar-refractivity contribution in [2.75, 3.05) is 13.2 Å². The van der Waals surface area contributed by atoms with E-state index in [0.29, 0.717) is 0 Å². The Bertz CT molecular complexity index is 252. The van der Waals surface area contributed by atoms with Crippen LogP contribution >= 0.6 is 0 Å². The summed E-state index contributed by atoms with van der Waals surface area (Å²) in [5.74, 6) is -15.9. The van der Waals surface area contributed by atoms with E-state index in [0.717, 1.165) is 0 Å². The zero-order valence-electron chi connectivity index (χ0n) is 6.91. The van der Waals surface area contributed by atoms with Crippen LogP contribution in [0.4, 0.5) is 31.1 Å². The van der Waals surface area contributed by atoms with Gasteiger partial charge in [0.05, 0.1) is 0 Å². The molecule has 0 unspecified atom stereocenters. The van der Waals surface area contributed by atoms with E-state index in [9.17, 15) is 31.1 Å². The summed E-state index contributed by atoms with van der Waals surface area (Å²) in [5.41, 5.74) is 0. The molecule has 0 aliphatic carbocycles. The molecule has 0 N–H and O–H groups in total. The van der Waals surface area contributed by atoms with Crippen molar-refractivity contribution in [3.8, 4) is 0 Å². The molecule has 3 nitrogen and oxygen atoms in total. The van der Waals surface area contributed by atoms with Gasteiger partial charge in [0, 0.05) is 0 Å². The second-order valence-corrected chi connectivity index (χ2v) is 2.81. The summed E-state index contributed by atoms with van der Waals surface area (Å²) in [6.07, 6.45) is -1.84. The lowest BCUT2D eigenvalue weighted by atomic mass is 10.1. The average molecular weight is 238 g/mol. The van der Waals surface area contributed by atoms with E-state index in [2.05, 4.69) is 9.47 Å². The Morgan fingerprint density at radius 2 is 1.20 bits per heavy atom. The van der Waals surface area contributed by atoms with Gasteiger partial charge in [-0.1, -0.05) is 0 Å². The van der Waals surface area contributed by atoms with Gasteiger partial charge in [0.25, 0.3) is 0 Å². The maximum absolute atomic E-state index is 12.6. The summed E-state index contributed by atoms with van der Waals surface area (Å²) in [6, 6.07) is 0. The van der Waals surface area contributed by atoms with Crippen molar-refractivity contribution < 1.29 is 40.6 Å². The monoisotopic (exact) mass is 238 g/mol. The van der Waals surface area contributed by atoms with E-state index in [1.807, 2.05) is 0 Å². The minimum atomic E-state index is -5.64. The maximum Gasteiger partial charge on any atom is 0.508 e. The number of carbonyl (C=O) groups is 1. The summed E-state index contributed by atoms with van der Waals surface area (Å²) >= 11 is 0. The van der Waals surface area contributed by atoms with Crippen molar-refractivity contribution in [1.82, 2.24) is 0 Å². The highest BCUT2D eigenvalue weighted by Crippen LogP contribution is 2.46. The Morgan fingerprint density at radius 3 is 1.53 bits per heavy atom. The number of hydrogen-bond donors (Lipinski definition) is 0. The molecule has 1 fully saturated rings. The van der Waals surface area contributed by atoms with Crippen LogP contribution in [0.1, 0.15) is 0 Å². The molecule has 9 heteroatoms. The van der Waals surface area contributed by atoms with Crippen LogP contribution in [0, 0.1) is 0 Å². The molecular weight excluding hydrogens is 234 g/mol. The molecule has 0 aromatic rings. The van der Waals surface area contributed by atoms with Crippen LogP contribution in [0.15, 0.2) is 0 Å². The van der Waals surface area contributed by atoms with Gasteiger partial charge >= 0.3 is 23.9 Å². The zero-order valence-corrected chi connectivity index (χ0v) is 6.91. The third-order valence-corrected chi connectivity index (χ3v) is 1.66. The predicted octanol–water partition coefficient (Wildman–Crippen LogP) is 2.06. The number of ether oxygens (including phenoxy) is 2. The van der Waals surface area contributed by atoms with E-state index in [1.165, 1.54) is 0 Å². The van der Waals surface area contributed by atoms with Gasteiger partial charge in [0.2, 0.25) is 0 Å². The summed E-state index contributed by atoms with van der Waals surface area (Å²) in [7, 11) is 0. The molecule has 0 atom stereocenters. The predicted molar refractivity (Wildman–Crippen MR) is 32.1 cm³/mol. The smallest absolute Gasteiger partial charge is 0.428 e. The van der Waals surface area contributed by atoms with Gasteiger partial charge in [-0.2, -0.15) is 26.3 Å². The van der Waals surface area contributed by atoms with Crippen LogP contribution < -0.4 is 0 Å². The number of alkyl halides is 6. The second kappa shape index (κ2) is 3.17. The van der Waals surface area contributed by atoms with Gasteiger partial charge in [-0.25, -0.2) is 4.79 Å². The molecule has 88 valence electrons. The Balaban J connectivity index is 3.05. The van der Waals surface area contributed by atoms with Crippen molar-refractivity contribution in [3.05, 3.63) is 0 Å². The first-order chi connectivity index (χ1) is 6.60. The Labute approximate surface area is 78.9 Å². The molecule has 0 saturated carbocycles. The molecule has 15 heavy (non-hydrogen) atoms. The lowest BCUT2D eigenvalue weighted by molar-refractivity contribution is -0.332. The second-order valence-electron chi connectivity index (χ2n) is 2.81. The molecule has 1 saturated heterocycles. The maximum atomic E-state index is 12.6. The fourth-order valence-electron chi connectivity index (χ4n) is 0.790. The van der Waals surface area contributed by atoms with Gasteiger partial charge in [-0.05, 0) is 0 Å². The molecule has 1 rings (SSSR count). The molecular formula is C6H4F6O3. The summed E-state index contributed by atoms with van der Waals surface area (Å²) in [4.78, 5) is 10.3. The molecule has 0 radical (unpaired) electrons. The number of halogens is 6. The van der Waals surface area contributed by atoms with Gasteiger partial charge in [0.15, 0.2) is 13.2 Å². The quantitative estimate of drug-likeness (QED) is 0.478. The van der Waals surface area contributed by atoms with E-state index in [4.69, 9.17) is 0 Å². The van der Waals surface area contributed by atoms with E-state index >= 15 is 0 Å². The van der Waals surface area contributed by atoms with Crippen LogP contribution in [0.25, 0.3) is 0 Å². The largest absolute Gasteiger partial charge is 0.508 e. The third-order valence-electron chi connectivity index (χ3n) is 1.66. The van der Waals surface area contributed by atoms with Crippen molar-refractivity contribution in [2.24, 2.45) is 0 Å². The first kappa shape index (κ1) is 11.9. The van der Waals surface area contributed by atoms with Gasteiger partial charge in [-0.3, -0.25) is 0 Å². The number of hydrogen-bond acceptors (Lipinski definition) is 3. The van der Waals surface area contributed by atoms with Gasteiger partial charge in [0.1, 0.15) is 0 Å². The van der Waals surface area contributed by atoms with Crippen LogP contribution in [0.3, 0.4) is 0 Å². The molecule has 0 bridgehead atoms. The Morgan fingerprint density at radius 1 is 0.867 bits per heavy atom. The van der Waals surface area contributed by atoms with E-state index in [-0.39, 0.29) is 0 Å². The minimum Gasteiger partial charge on any atom is -0.428 e. The summed E-state index contributed by atoms with van der Waals surface area (Å²) < 4.78 is 82.2. The standard InChI is InChI=1S/C6H4F6O3/c7-4(8)1-14-3(13)15-2-5(9,10)6(4,11)12/h1-2H2. The normalized spacial score (nSPS) is 28.3. The number of cyclic esters (lactones) is 2. The molecule has 1 heterocycles. The molecule has 0 spiro atoms.